The van der Waals surface area contributed by atoms with Crippen molar-refractivity contribution < 1.29 is 9.21 Å². The maximum atomic E-state index is 11.8. The average molecular weight is 386 g/mol. The van der Waals surface area contributed by atoms with Crippen LogP contribution in [0.1, 0.15) is 11.7 Å². The van der Waals surface area contributed by atoms with E-state index in [-0.39, 0.29) is 11.7 Å². The number of amides is 1. The number of nitrogens with zero attached hydrogens (tertiary/aromatic N) is 4. The van der Waals surface area contributed by atoms with E-state index in [1.54, 1.807) is 11.6 Å². The highest BCUT2D eigenvalue weighted by atomic mass is 32.2. The Balaban J connectivity index is 1.28. The normalized spacial score (nSPS) is 11.1. The van der Waals surface area contributed by atoms with Crippen molar-refractivity contribution in [3.05, 3.63) is 47.6 Å². The number of nitrogens with one attached hydrogen (secondary N) is 2. The van der Waals surface area contributed by atoms with Crippen LogP contribution in [-0.2, 0) is 17.6 Å². The molecule has 0 bridgehead atoms. The third kappa shape index (κ3) is 4.09. The third-order valence-electron chi connectivity index (χ3n) is 3.47. The smallest absolute Gasteiger partial charge is 0.277 e. The van der Waals surface area contributed by atoms with Crippen molar-refractivity contribution in [2.24, 2.45) is 0 Å². The molecule has 2 N–H and O–H groups in total. The van der Waals surface area contributed by atoms with Crippen molar-refractivity contribution in [2.45, 2.75) is 18.1 Å². The van der Waals surface area contributed by atoms with Gasteiger partial charge in [-0.05, 0) is 12.1 Å². The molecular weight excluding hydrogens is 372 g/mol. The Morgan fingerprint density at radius 1 is 1.27 bits per heavy atom. The summed E-state index contributed by atoms with van der Waals surface area (Å²) in [5, 5.41) is 13.4. The summed E-state index contributed by atoms with van der Waals surface area (Å²) >= 11 is 2.57. The molecule has 3 aromatic heterocycles. The lowest BCUT2D eigenvalue weighted by molar-refractivity contribution is -0.113. The third-order valence-corrected chi connectivity index (χ3v) is 4.97. The number of carbonyl (C=O) groups is 1. The highest BCUT2D eigenvalue weighted by Gasteiger charge is 2.11. The predicted molar refractivity (Wildman–Crippen MR) is 99.3 cm³/mol. The van der Waals surface area contributed by atoms with E-state index in [0.717, 1.165) is 16.9 Å². The summed E-state index contributed by atoms with van der Waals surface area (Å²) in [6, 6.07) is 7.88. The van der Waals surface area contributed by atoms with Gasteiger partial charge in [-0.15, -0.1) is 21.5 Å². The fraction of sp³-hybridized carbons (Fsp3) is 0.188. The van der Waals surface area contributed by atoms with Gasteiger partial charge in [0.15, 0.2) is 5.13 Å². The first kappa shape index (κ1) is 16.7. The number of anilines is 1. The fourth-order valence-electron chi connectivity index (χ4n) is 2.31. The number of aromatic nitrogens is 5. The number of para-hydroxylation sites is 2. The van der Waals surface area contributed by atoms with Crippen molar-refractivity contribution >= 4 is 45.2 Å². The monoisotopic (exact) mass is 386 g/mol. The Kier molecular flexibility index (Phi) is 4.93. The van der Waals surface area contributed by atoms with E-state index in [9.17, 15) is 4.79 Å². The standard InChI is InChI=1S/C16H14N6O2S2/c23-13(20-15-17-7-8-25-15)9-26-16-22-21-14(24-16)6-5-12-18-10-3-1-2-4-11(10)19-12/h1-4,7-8H,5-6,9H2,(H,18,19)(H,17,20,23). The van der Waals surface area contributed by atoms with Crippen LogP contribution in [0, 0.1) is 0 Å². The molecule has 0 aliphatic heterocycles. The maximum Gasteiger partial charge on any atom is 0.277 e. The molecule has 132 valence electrons. The van der Waals surface area contributed by atoms with Gasteiger partial charge in [0.1, 0.15) is 5.82 Å². The number of hydrogen-bond acceptors (Lipinski definition) is 8. The lowest BCUT2D eigenvalue weighted by Gasteiger charge is -1.98. The number of thiazole rings is 1. The Bertz CT molecular complexity index is 978. The van der Waals surface area contributed by atoms with Crippen LogP contribution < -0.4 is 5.32 Å². The van der Waals surface area contributed by atoms with Crippen molar-refractivity contribution in [3.8, 4) is 0 Å². The second kappa shape index (κ2) is 7.67. The molecule has 10 heteroatoms. The number of hydrogen-bond donors (Lipinski definition) is 2. The average Bonchev–Trinajstić information content (AvgIpc) is 3.38. The first-order chi connectivity index (χ1) is 12.8. The molecule has 0 saturated heterocycles. The highest BCUT2D eigenvalue weighted by molar-refractivity contribution is 7.99. The van der Waals surface area contributed by atoms with Crippen molar-refractivity contribution in [1.82, 2.24) is 25.1 Å². The number of thioether (sulfide) groups is 1. The molecule has 0 aliphatic carbocycles. The van der Waals surface area contributed by atoms with Gasteiger partial charge in [0.05, 0.1) is 16.8 Å². The first-order valence-electron chi connectivity index (χ1n) is 7.84. The SMILES string of the molecule is O=C(CSc1nnc(CCc2nc3ccccc3[nH]2)o1)Nc1nccs1. The number of benzene rings is 1. The summed E-state index contributed by atoms with van der Waals surface area (Å²) in [7, 11) is 0. The van der Waals surface area contributed by atoms with E-state index in [2.05, 4.69) is 30.5 Å². The summed E-state index contributed by atoms with van der Waals surface area (Å²) in [5.41, 5.74) is 1.95. The van der Waals surface area contributed by atoms with Crippen LogP contribution in [0.4, 0.5) is 5.13 Å². The lowest BCUT2D eigenvalue weighted by Crippen LogP contribution is -2.13. The van der Waals surface area contributed by atoms with Crippen molar-refractivity contribution in [2.75, 3.05) is 11.1 Å². The molecule has 0 fully saturated rings. The molecule has 0 spiro atoms. The second-order valence-electron chi connectivity index (χ2n) is 5.34. The van der Waals surface area contributed by atoms with Crippen molar-refractivity contribution in [1.29, 1.82) is 0 Å². The highest BCUT2D eigenvalue weighted by Crippen LogP contribution is 2.18. The van der Waals surface area contributed by atoms with Crippen LogP contribution in [0.25, 0.3) is 11.0 Å². The van der Waals surface area contributed by atoms with E-state index in [1.807, 2.05) is 24.3 Å². The second-order valence-corrected chi connectivity index (χ2v) is 7.16. The summed E-state index contributed by atoms with van der Waals surface area (Å²) in [6.07, 6.45) is 2.89. The molecule has 0 saturated carbocycles. The van der Waals surface area contributed by atoms with E-state index in [4.69, 9.17) is 4.42 Å². The Morgan fingerprint density at radius 2 is 2.19 bits per heavy atom. The molecule has 0 aliphatic rings. The molecule has 0 atom stereocenters. The van der Waals surface area contributed by atoms with Gasteiger partial charge in [0.25, 0.3) is 5.22 Å². The Labute approximate surface area is 156 Å². The van der Waals surface area contributed by atoms with Gasteiger partial charge in [-0.2, -0.15) is 0 Å². The number of aromatic amines is 1. The molecule has 0 unspecified atom stereocenters. The van der Waals surface area contributed by atoms with Crippen LogP contribution in [0.2, 0.25) is 0 Å². The predicted octanol–water partition coefficient (Wildman–Crippen LogP) is 2.92. The summed E-state index contributed by atoms with van der Waals surface area (Å²) in [5.74, 6) is 1.42. The number of aryl methyl sites for hydroxylation is 2. The van der Waals surface area contributed by atoms with Gasteiger partial charge >= 0.3 is 0 Å². The minimum atomic E-state index is -0.160. The molecule has 1 amide bonds. The number of rotatable bonds is 7. The molecule has 3 heterocycles. The first-order valence-corrected chi connectivity index (χ1v) is 9.71. The summed E-state index contributed by atoms with van der Waals surface area (Å²) in [6.45, 7) is 0. The lowest BCUT2D eigenvalue weighted by atomic mass is 10.3. The quantitative estimate of drug-likeness (QED) is 0.470. The number of H-pyrrole nitrogens is 1. The zero-order valence-corrected chi connectivity index (χ0v) is 15.1. The number of fused-ring (bicyclic) bond motifs is 1. The Hall–Kier alpha value is -2.72. The molecule has 8 nitrogen and oxygen atoms in total. The van der Waals surface area contributed by atoms with Gasteiger partial charge in [-0.3, -0.25) is 4.79 Å². The zero-order chi connectivity index (χ0) is 17.8. The van der Waals surface area contributed by atoms with E-state index in [0.29, 0.717) is 29.1 Å². The van der Waals surface area contributed by atoms with Crippen LogP contribution in [-0.4, -0.2) is 36.8 Å². The Morgan fingerprint density at radius 3 is 3.04 bits per heavy atom. The molecule has 26 heavy (non-hydrogen) atoms. The van der Waals surface area contributed by atoms with Gasteiger partial charge in [-0.25, -0.2) is 9.97 Å². The van der Waals surface area contributed by atoms with Crippen LogP contribution in [0.5, 0.6) is 0 Å². The molecular formula is C16H14N6O2S2. The largest absolute Gasteiger partial charge is 0.416 e. The zero-order valence-electron chi connectivity index (χ0n) is 13.5. The minimum absolute atomic E-state index is 0.160. The summed E-state index contributed by atoms with van der Waals surface area (Å²) < 4.78 is 5.57. The number of imidazole rings is 1. The molecule has 1 aromatic carbocycles. The van der Waals surface area contributed by atoms with E-state index < -0.39 is 0 Å². The molecule has 4 aromatic rings. The van der Waals surface area contributed by atoms with Gasteiger partial charge < -0.3 is 14.7 Å². The minimum Gasteiger partial charge on any atom is -0.416 e. The molecule has 4 rings (SSSR count). The molecule has 0 radical (unpaired) electrons. The van der Waals surface area contributed by atoms with Gasteiger partial charge in [0.2, 0.25) is 11.8 Å². The topological polar surface area (TPSA) is 110 Å². The number of carbonyl (C=O) groups excluding carboxylic acids is 1. The van der Waals surface area contributed by atoms with Crippen LogP contribution in [0.15, 0.2) is 45.5 Å². The van der Waals surface area contributed by atoms with E-state index in [1.165, 1.54) is 23.1 Å². The van der Waals surface area contributed by atoms with E-state index >= 15 is 0 Å². The van der Waals surface area contributed by atoms with Gasteiger partial charge in [0, 0.05) is 24.4 Å². The van der Waals surface area contributed by atoms with Gasteiger partial charge in [-0.1, -0.05) is 23.9 Å². The summed E-state index contributed by atoms with van der Waals surface area (Å²) in [4.78, 5) is 23.6. The van der Waals surface area contributed by atoms with Crippen LogP contribution in [0.3, 0.4) is 0 Å². The maximum absolute atomic E-state index is 11.8. The fourth-order valence-corrected chi connectivity index (χ4v) is 3.44. The van der Waals surface area contributed by atoms with Crippen molar-refractivity contribution in [3.63, 3.8) is 0 Å². The van der Waals surface area contributed by atoms with Crippen LogP contribution >= 0.6 is 23.1 Å².